The molecule has 0 unspecified atom stereocenters. The third kappa shape index (κ3) is 3.68. The van der Waals surface area contributed by atoms with Crippen LogP contribution in [0.1, 0.15) is 38.8 Å². The Kier molecular flexibility index (Phi) is 5.07. The van der Waals surface area contributed by atoms with Crippen molar-refractivity contribution in [1.29, 1.82) is 0 Å². The molecule has 2 aromatic heterocycles. The minimum atomic E-state index is -0.344. The maximum atomic E-state index is 13.7. The normalized spacial score (nSPS) is 11.7. The van der Waals surface area contributed by atoms with Crippen molar-refractivity contribution < 1.29 is 9.13 Å². The number of pyridine rings is 1. The van der Waals surface area contributed by atoms with Crippen LogP contribution in [0.25, 0.3) is 5.65 Å². The van der Waals surface area contributed by atoms with Crippen LogP contribution in [0, 0.1) is 5.82 Å². The number of halogens is 1. The molecule has 0 bridgehead atoms. The van der Waals surface area contributed by atoms with Crippen molar-refractivity contribution in [2.24, 2.45) is 10.2 Å². The Balaban J connectivity index is 2.04. The van der Waals surface area contributed by atoms with Crippen molar-refractivity contribution in [3.63, 3.8) is 0 Å². The highest BCUT2D eigenvalue weighted by atomic mass is 19.1. The summed E-state index contributed by atoms with van der Waals surface area (Å²) in [5, 5.41) is 8.72. The molecule has 25 heavy (non-hydrogen) atoms. The second-order valence-electron chi connectivity index (χ2n) is 6.07. The first-order valence-electron chi connectivity index (χ1n) is 8.41. The molecule has 0 saturated carbocycles. The van der Waals surface area contributed by atoms with E-state index in [0.29, 0.717) is 29.5 Å². The fourth-order valence-corrected chi connectivity index (χ4v) is 2.49. The highest BCUT2D eigenvalue weighted by molar-refractivity contribution is 5.55. The van der Waals surface area contributed by atoms with Gasteiger partial charge < -0.3 is 4.74 Å². The van der Waals surface area contributed by atoms with Gasteiger partial charge in [0.25, 0.3) is 0 Å². The van der Waals surface area contributed by atoms with Crippen LogP contribution in [0.15, 0.2) is 52.8 Å². The molecule has 0 aliphatic rings. The van der Waals surface area contributed by atoms with E-state index in [-0.39, 0.29) is 11.7 Å². The highest BCUT2D eigenvalue weighted by Gasteiger charge is 2.15. The molecule has 0 amide bonds. The molecule has 0 aliphatic carbocycles. The SMILES string of the molecule is CCCOc1ccccc1N=Nc1c(C(C)C)nc2ccc(F)cn12. The van der Waals surface area contributed by atoms with Gasteiger partial charge in [-0.3, -0.25) is 4.40 Å². The van der Waals surface area contributed by atoms with Crippen molar-refractivity contribution in [1.82, 2.24) is 9.38 Å². The number of azo groups is 1. The summed E-state index contributed by atoms with van der Waals surface area (Å²) in [6.07, 6.45) is 2.29. The van der Waals surface area contributed by atoms with E-state index in [0.717, 1.165) is 12.1 Å². The summed E-state index contributed by atoms with van der Waals surface area (Å²) in [5.74, 6) is 1.01. The van der Waals surface area contributed by atoms with Gasteiger partial charge in [0.15, 0.2) is 5.82 Å². The molecule has 6 heteroatoms. The molecule has 1 aromatic carbocycles. The Labute approximate surface area is 146 Å². The van der Waals surface area contributed by atoms with Crippen LogP contribution in [0.4, 0.5) is 15.9 Å². The monoisotopic (exact) mass is 340 g/mol. The number of hydrogen-bond acceptors (Lipinski definition) is 4. The number of aromatic nitrogens is 2. The lowest BCUT2D eigenvalue weighted by atomic mass is 10.1. The lowest BCUT2D eigenvalue weighted by Crippen LogP contribution is -1.94. The average Bonchev–Trinajstić information content (AvgIpc) is 2.97. The van der Waals surface area contributed by atoms with Crippen LogP contribution in [0.5, 0.6) is 5.75 Å². The number of hydrogen-bond donors (Lipinski definition) is 0. The predicted octanol–water partition coefficient (Wildman–Crippen LogP) is 5.80. The maximum Gasteiger partial charge on any atom is 0.183 e. The van der Waals surface area contributed by atoms with Gasteiger partial charge in [0.1, 0.15) is 22.9 Å². The summed E-state index contributed by atoms with van der Waals surface area (Å²) in [5.41, 5.74) is 2.06. The fraction of sp³-hybridized carbons (Fsp3) is 0.316. The first kappa shape index (κ1) is 17.1. The second kappa shape index (κ2) is 7.42. The summed E-state index contributed by atoms with van der Waals surface area (Å²) in [6.45, 7) is 6.71. The lowest BCUT2D eigenvalue weighted by molar-refractivity contribution is 0.318. The number of rotatable bonds is 6. The van der Waals surface area contributed by atoms with E-state index in [9.17, 15) is 4.39 Å². The quantitative estimate of drug-likeness (QED) is 0.532. The van der Waals surface area contributed by atoms with E-state index in [4.69, 9.17) is 4.74 Å². The molecule has 0 spiro atoms. The van der Waals surface area contributed by atoms with E-state index in [1.165, 1.54) is 12.3 Å². The van der Waals surface area contributed by atoms with E-state index in [1.807, 2.05) is 45.0 Å². The van der Waals surface area contributed by atoms with Crippen LogP contribution in [-0.2, 0) is 0 Å². The molecule has 0 atom stereocenters. The fourth-order valence-electron chi connectivity index (χ4n) is 2.49. The van der Waals surface area contributed by atoms with Crippen LogP contribution >= 0.6 is 0 Å². The first-order chi connectivity index (χ1) is 12.1. The molecule has 3 aromatic rings. The number of benzene rings is 1. The summed E-state index contributed by atoms with van der Waals surface area (Å²) in [6, 6.07) is 10.5. The largest absolute Gasteiger partial charge is 0.491 e. The van der Waals surface area contributed by atoms with Crippen molar-refractivity contribution in [2.75, 3.05) is 6.61 Å². The van der Waals surface area contributed by atoms with Crippen molar-refractivity contribution in [2.45, 2.75) is 33.1 Å². The van der Waals surface area contributed by atoms with Gasteiger partial charge in [-0.2, -0.15) is 0 Å². The van der Waals surface area contributed by atoms with E-state index >= 15 is 0 Å². The van der Waals surface area contributed by atoms with Gasteiger partial charge >= 0.3 is 0 Å². The molecule has 3 rings (SSSR count). The van der Waals surface area contributed by atoms with Gasteiger partial charge in [0.05, 0.1) is 12.3 Å². The van der Waals surface area contributed by atoms with E-state index in [1.54, 1.807) is 10.5 Å². The number of imidazole rings is 1. The minimum Gasteiger partial charge on any atom is -0.491 e. The molecule has 0 aliphatic heterocycles. The number of ether oxygens (including phenoxy) is 1. The Morgan fingerprint density at radius 2 is 1.96 bits per heavy atom. The van der Waals surface area contributed by atoms with Gasteiger partial charge in [-0.25, -0.2) is 9.37 Å². The number of para-hydroxylation sites is 1. The average molecular weight is 340 g/mol. The van der Waals surface area contributed by atoms with Crippen LogP contribution in [0.3, 0.4) is 0 Å². The molecular weight excluding hydrogens is 319 g/mol. The highest BCUT2D eigenvalue weighted by Crippen LogP contribution is 2.32. The van der Waals surface area contributed by atoms with Gasteiger partial charge in [-0.15, -0.1) is 10.2 Å². The van der Waals surface area contributed by atoms with Crippen molar-refractivity contribution in [3.8, 4) is 5.75 Å². The van der Waals surface area contributed by atoms with Crippen LogP contribution in [-0.4, -0.2) is 16.0 Å². The predicted molar refractivity (Wildman–Crippen MR) is 95.6 cm³/mol. The Bertz CT molecular complexity index is 902. The summed E-state index contributed by atoms with van der Waals surface area (Å²) in [4.78, 5) is 4.55. The standard InChI is InChI=1S/C19H21FN4O/c1-4-11-25-16-8-6-5-7-15(16)22-23-19-18(13(2)3)21-17-10-9-14(20)12-24(17)19/h5-10,12-13H,4,11H2,1-3H3. The molecule has 2 heterocycles. The van der Waals surface area contributed by atoms with Gasteiger partial charge in [0, 0.05) is 6.20 Å². The van der Waals surface area contributed by atoms with E-state index < -0.39 is 0 Å². The summed E-state index contributed by atoms with van der Waals surface area (Å²) < 4.78 is 21.0. The zero-order chi connectivity index (χ0) is 17.8. The van der Waals surface area contributed by atoms with Crippen LogP contribution in [0.2, 0.25) is 0 Å². The number of nitrogens with zero attached hydrogens (tertiary/aromatic N) is 4. The second-order valence-corrected chi connectivity index (χ2v) is 6.07. The molecule has 5 nitrogen and oxygen atoms in total. The van der Waals surface area contributed by atoms with E-state index in [2.05, 4.69) is 15.2 Å². The van der Waals surface area contributed by atoms with Gasteiger partial charge in [-0.1, -0.05) is 32.9 Å². The molecule has 0 fully saturated rings. The number of fused-ring (bicyclic) bond motifs is 1. The molecule has 0 saturated heterocycles. The third-order valence-corrected chi connectivity index (χ3v) is 3.71. The maximum absolute atomic E-state index is 13.7. The van der Waals surface area contributed by atoms with Crippen LogP contribution < -0.4 is 4.74 Å². The zero-order valence-corrected chi connectivity index (χ0v) is 14.6. The summed E-state index contributed by atoms with van der Waals surface area (Å²) in [7, 11) is 0. The third-order valence-electron chi connectivity index (χ3n) is 3.71. The molecule has 130 valence electrons. The minimum absolute atomic E-state index is 0.142. The Morgan fingerprint density at radius 3 is 2.72 bits per heavy atom. The van der Waals surface area contributed by atoms with Gasteiger partial charge in [-0.05, 0) is 36.6 Å². The molecule has 0 radical (unpaired) electrons. The lowest BCUT2D eigenvalue weighted by Gasteiger charge is -2.06. The molecule has 0 N–H and O–H groups in total. The van der Waals surface area contributed by atoms with Gasteiger partial charge in [0.2, 0.25) is 0 Å². The van der Waals surface area contributed by atoms with Crippen molar-refractivity contribution in [3.05, 3.63) is 54.1 Å². The Hall–Kier alpha value is -2.76. The summed E-state index contributed by atoms with van der Waals surface area (Å²) >= 11 is 0. The zero-order valence-electron chi connectivity index (χ0n) is 14.6. The topological polar surface area (TPSA) is 51.2 Å². The smallest absolute Gasteiger partial charge is 0.183 e. The molecular formula is C19H21FN4O. The Morgan fingerprint density at radius 1 is 1.16 bits per heavy atom. The first-order valence-corrected chi connectivity index (χ1v) is 8.41. The van der Waals surface area contributed by atoms with Crippen molar-refractivity contribution >= 4 is 17.2 Å².